The highest BCUT2D eigenvalue weighted by Crippen LogP contribution is 2.28. The van der Waals surface area contributed by atoms with Gasteiger partial charge in [0.15, 0.2) is 0 Å². The molecule has 2 aromatic heterocycles. The fourth-order valence-corrected chi connectivity index (χ4v) is 4.02. The van der Waals surface area contributed by atoms with Crippen LogP contribution in [0.25, 0.3) is 11.3 Å². The monoisotopic (exact) mass is 398 g/mol. The minimum atomic E-state index is -0.0754. The number of hydrogen-bond donors (Lipinski definition) is 2. The van der Waals surface area contributed by atoms with Gasteiger partial charge in [-0.1, -0.05) is 23.7 Å². The topological polar surface area (TPSA) is 78.8 Å². The molecule has 0 radical (unpaired) electrons. The molecule has 7 nitrogen and oxygen atoms in total. The summed E-state index contributed by atoms with van der Waals surface area (Å²) in [6.07, 6.45) is 0. The molecular formula is C20H23ClN6O. The first kappa shape index (κ1) is 18.7. The number of H-pyrrole nitrogens is 1. The van der Waals surface area contributed by atoms with Gasteiger partial charge < -0.3 is 10.2 Å². The van der Waals surface area contributed by atoms with Crippen molar-refractivity contribution in [2.75, 3.05) is 19.6 Å². The fourth-order valence-electron chi connectivity index (χ4n) is 3.82. The molecule has 1 aliphatic rings. The Bertz CT molecular complexity index is 1020. The molecule has 1 amide bonds. The second-order valence-electron chi connectivity index (χ2n) is 7.11. The summed E-state index contributed by atoms with van der Waals surface area (Å²) in [4.78, 5) is 15.1. The number of aromatic nitrogens is 4. The zero-order valence-electron chi connectivity index (χ0n) is 16.2. The summed E-state index contributed by atoms with van der Waals surface area (Å²) < 4.78 is 1.83. The molecule has 1 fully saturated rings. The molecule has 28 heavy (non-hydrogen) atoms. The highest BCUT2D eigenvalue weighted by atomic mass is 35.5. The molecule has 0 saturated carbocycles. The van der Waals surface area contributed by atoms with E-state index < -0.39 is 0 Å². The lowest BCUT2D eigenvalue weighted by atomic mass is 10.0. The number of aromatic amines is 1. The lowest BCUT2D eigenvalue weighted by molar-refractivity contribution is 0.0628. The summed E-state index contributed by atoms with van der Waals surface area (Å²) in [5.74, 6) is -0.0654. The van der Waals surface area contributed by atoms with E-state index in [0.29, 0.717) is 23.8 Å². The lowest BCUT2D eigenvalue weighted by Gasteiger charge is -2.36. The number of nitrogens with zero attached hydrogens (tertiary/aromatic N) is 4. The normalized spacial score (nSPS) is 17.1. The molecule has 1 saturated heterocycles. The van der Waals surface area contributed by atoms with E-state index in [1.54, 1.807) is 0 Å². The van der Waals surface area contributed by atoms with E-state index >= 15 is 0 Å². The van der Waals surface area contributed by atoms with Crippen molar-refractivity contribution in [3.05, 3.63) is 58.0 Å². The van der Waals surface area contributed by atoms with Crippen LogP contribution >= 0.6 is 11.6 Å². The van der Waals surface area contributed by atoms with Gasteiger partial charge in [0.05, 0.1) is 17.4 Å². The van der Waals surface area contributed by atoms with Gasteiger partial charge in [-0.25, -0.2) is 0 Å². The molecule has 2 N–H and O–H groups in total. The van der Waals surface area contributed by atoms with Gasteiger partial charge in [0.1, 0.15) is 5.69 Å². The van der Waals surface area contributed by atoms with Crippen molar-refractivity contribution in [1.82, 2.24) is 30.2 Å². The van der Waals surface area contributed by atoms with Gasteiger partial charge in [-0.2, -0.15) is 10.2 Å². The number of aryl methyl sites for hydroxylation is 2. The number of halogens is 1. The van der Waals surface area contributed by atoms with Crippen LogP contribution in [0.4, 0.5) is 0 Å². The Morgan fingerprint density at radius 2 is 2.11 bits per heavy atom. The Balaban J connectivity index is 1.64. The number of rotatable bonds is 3. The fraction of sp³-hybridized carbons (Fsp3) is 0.350. The van der Waals surface area contributed by atoms with E-state index in [0.717, 1.165) is 34.8 Å². The Morgan fingerprint density at radius 3 is 2.82 bits per heavy atom. The van der Waals surface area contributed by atoms with E-state index in [1.807, 2.05) is 60.8 Å². The molecule has 4 rings (SSSR count). The van der Waals surface area contributed by atoms with Crippen molar-refractivity contribution in [2.45, 2.75) is 19.9 Å². The molecule has 146 valence electrons. The number of hydrogen-bond acceptors (Lipinski definition) is 4. The molecule has 8 heteroatoms. The third kappa shape index (κ3) is 3.31. The van der Waals surface area contributed by atoms with Gasteiger partial charge in [-0.3, -0.25) is 14.6 Å². The van der Waals surface area contributed by atoms with Crippen molar-refractivity contribution < 1.29 is 4.79 Å². The standard InChI is InChI=1S/C20H23ClN6O/c1-12-19(13(2)26(3)25-12)16-10-17(24-23-16)20(28)27-8-7-22-11-18(27)14-5-4-6-15(21)9-14/h4-6,9-10,18,22H,7-8,11H2,1-3H3,(H,23,24). The predicted octanol–water partition coefficient (Wildman–Crippen LogP) is 2.87. The lowest BCUT2D eigenvalue weighted by Crippen LogP contribution is -2.48. The maximum absolute atomic E-state index is 13.3. The van der Waals surface area contributed by atoms with Crippen LogP contribution in [0.1, 0.15) is 33.5 Å². The predicted molar refractivity (Wildman–Crippen MR) is 108 cm³/mol. The van der Waals surface area contributed by atoms with E-state index in [1.165, 1.54) is 0 Å². The van der Waals surface area contributed by atoms with Crippen LogP contribution in [0.5, 0.6) is 0 Å². The summed E-state index contributed by atoms with van der Waals surface area (Å²) in [6, 6.07) is 9.42. The molecule has 0 aliphatic carbocycles. The van der Waals surface area contributed by atoms with E-state index in [-0.39, 0.29) is 11.9 Å². The summed E-state index contributed by atoms with van der Waals surface area (Å²) in [5.41, 5.74) is 5.11. The minimum Gasteiger partial charge on any atom is -0.328 e. The highest BCUT2D eigenvalue weighted by molar-refractivity contribution is 6.30. The Morgan fingerprint density at radius 1 is 1.29 bits per heavy atom. The van der Waals surface area contributed by atoms with Crippen molar-refractivity contribution in [2.24, 2.45) is 7.05 Å². The average molecular weight is 399 g/mol. The minimum absolute atomic E-state index is 0.0654. The number of amides is 1. The van der Waals surface area contributed by atoms with Gasteiger partial charge in [-0.15, -0.1) is 0 Å². The second-order valence-corrected chi connectivity index (χ2v) is 7.55. The van der Waals surface area contributed by atoms with Gasteiger partial charge in [-0.05, 0) is 37.6 Å². The third-order valence-electron chi connectivity index (χ3n) is 5.31. The van der Waals surface area contributed by atoms with E-state index in [9.17, 15) is 4.79 Å². The van der Waals surface area contributed by atoms with Crippen LogP contribution in [-0.4, -0.2) is 50.4 Å². The summed E-state index contributed by atoms with van der Waals surface area (Å²) in [6.45, 7) is 6.01. The zero-order valence-corrected chi connectivity index (χ0v) is 16.9. The summed E-state index contributed by atoms with van der Waals surface area (Å²) >= 11 is 6.16. The zero-order chi connectivity index (χ0) is 19.8. The van der Waals surface area contributed by atoms with Crippen LogP contribution in [0.3, 0.4) is 0 Å². The first-order chi connectivity index (χ1) is 13.5. The van der Waals surface area contributed by atoms with Crippen LogP contribution in [0.2, 0.25) is 5.02 Å². The second kappa shape index (κ2) is 7.41. The number of piperazine rings is 1. The van der Waals surface area contributed by atoms with Gasteiger partial charge in [0.25, 0.3) is 5.91 Å². The van der Waals surface area contributed by atoms with Gasteiger partial charge in [0, 0.05) is 43.0 Å². The number of nitrogens with one attached hydrogen (secondary N) is 2. The maximum Gasteiger partial charge on any atom is 0.272 e. The van der Waals surface area contributed by atoms with E-state index in [4.69, 9.17) is 11.6 Å². The number of carbonyl (C=O) groups excluding carboxylic acids is 1. The average Bonchev–Trinajstić information content (AvgIpc) is 3.26. The summed E-state index contributed by atoms with van der Waals surface area (Å²) in [7, 11) is 1.90. The Labute approximate surface area is 168 Å². The number of carbonyl (C=O) groups is 1. The maximum atomic E-state index is 13.3. The van der Waals surface area contributed by atoms with Crippen molar-refractivity contribution >= 4 is 17.5 Å². The molecule has 3 aromatic rings. The number of benzene rings is 1. The Kier molecular flexibility index (Phi) is 4.95. The SMILES string of the molecule is Cc1nn(C)c(C)c1-c1cc(C(=O)N2CCNCC2c2cccc(Cl)c2)[nH]n1. The van der Waals surface area contributed by atoms with Crippen LogP contribution < -0.4 is 5.32 Å². The largest absolute Gasteiger partial charge is 0.328 e. The van der Waals surface area contributed by atoms with Crippen molar-refractivity contribution in [3.63, 3.8) is 0 Å². The third-order valence-corrected chi connectivity index (χ3v) is 5.55. The van der Waals surface area contributed by atoms with Crippen molar-refractivity contribution in [3.8, 4) is 11.3 Å². The van der Waals surface area contributed by atoms with Crippen LogP contribution in [-0.2, 0) is 7.05 Å². The highest BCUT2D eigenvalue weighted by Gasteiger charge is 2.30. The van der Waals surface area contributed by atoms with E-state index in [2.05, 4.69) is 20.6 Å². The first-order valence-corrected chi connectivity index (χ1v) is 9.66. The smallest absolute Gasteiger partial charge is 0.272 e. The molecule has 1 unspecified atom stereocenters. The Hall–Kier alpha value is -2.64. The quantitative estimate of drug-likeness (QED) is 0.711. The molecule has 0 spiro atoms. The first-order valence-electron chi connectivity index (χ1n) is 9.29. The van der Waals surface area contributed by atoms with Crippen molar-refractivity contribution in [1.29, 1.82) is 0 Å². The molecule has 0 bridgehead atoms. The van der Waals surface area contributed by atoms with Gasteiger partial charge >= 0.3 is 0 Å². The van der Waals surface area contributed by atoms with Crippen LogP contribution in [0, 0.1) is 13.8 Å². The molecule has 1 aliphatic heterocycles. The molecule has 3 heterocycles. The van der Waals surface area contributed by atoms with Gasteiger partial charge in [0.2, 0.25) is 0 Å². The molecule has 1 aromatic carbocycles. The van der Waals surface area contributed by atoms with Crippen LogP contribution in [0.15, 0.2) is 30.3 Å². The molecule has 1 atom stereocenters. The molecular weight excluding hydrogens is 376 g/mol. The summed E-state index contributed by atoms with van der Waals surface area (Å²) in [5, 5.41) is 15.8.